The molecular weight excluding hydrogens is 352 g/mol. The van der Waals surface area contributed by atoms with E-state index in [-0.39, 0.29) is 0 Å². The first kappa shape index (κ1) is 16.7. The molecule has 0 radical (unpaired) electrons. The van der Waals surface area contributed by atoms with E-state index in [1.807, 2.05) is 18.6 Å². The minimum atomic E-state index is 0.567. The lowest BCUT2D eigenvalue weighted by atomic mass is 9.97. The highest BCUT2D eigenvalue weighted by atomic mass is 32.1. The normalized spacial score (nSPS) is 17.7. The van der Waals surface area contributed by atoms with Crippen molar-refractivity contribution < 1.29 is 0 Å². The lowest BCUT2D eigenvalue weighted by Gasteiger charge is -2.16. The van der Waals surface area contributed by atoms with Crippen LogP contribution in [0.5, 0.6) is 0 Å². The van der Waals surface area contributed by atoms with Crippen LogP contribution in [0.25, 0.3) is 21.3 Å². The molecule has 4 nitrogen and oxygen atoms in total. The molecule has 1 fully saturated rings. The van der Waals surface area contributed by atoms with Gasteiger partial charge in [-0.3, -0.25) is 9.88 Å². The zero-order valence-electron chi connectivity index (χ0n) is 15.4. The molecule has 0 bridgehead atoms. The number of hydrogen-bond acceptors (Lipinski definition) is 4. The highest BCUT2D eigenvalue weighted by Gasteiger charge is 2.25. The molecule has 0 spiro atoms. The van der Waals surface area contributed by atoms with E-state index in [4.69, 9.17) is 0 Å². The van der Waals surface area contributed by atoms with Crippen LogP contribution in [0.3, 0.4) is 0 Å². The van der Waals surface area contributed by atoms with E-state index in [0.29, 0.717) is 5.92 Å². The summed E-state index contributed by atoms with van der Waals surface area (Å²) in [5.41, 5.74) is 3.74. The summed E-state index contributed by atoms with van der Waals surface area (Å²) in [7, 11) is 2.07. The van der Waals surface area contributed by atoms with E-state index in [2.05, 4.69) is 68.3 Å². The van der Waals surface area contributed by atoms with Gasteiger partial charge in [-0.1, -0.05) is 18.2 Å². The fourth-order valence-corrected chi connectivity index (χ4v) is 4.98. The van der Waals surface area contributed by atoms with E-state index >= 15 is 0 Å². The molecule has 5 rings (SSSR count). The third-order valence-electron chi connectivity index (χ3n) is 5.57. The number of aryl methyl sites for hydroxylation is 1. The molecule has 27 heavy (non-hydrogen) atoms. The molecule has 5 heteroatoms. The first-order valence-electron chi connectivity index (χ1n) is 9.39. The van der Waals surface area contributed by atoms with E-state index in [1.165, 1.54) is 27.6 Å². The molecule has 4 heterocycles. The van der Waals surface area contributed by atoms with Crippen LogP contribution < -0.4 is 0 Å². The maximum absolute atomic E-state index is 4.67. The zero-order chi connectivity index (χ0) is 18.2. The van der Waals surface area contributed by atoms with Crippen LogP contribution >= 0.6 is 11.3 Å². The number of benzene rings is 1. The van der Waals surface area contributed by atoms with Gasteiger partial charge in [0.15, 0.2) is 0 Å². The van der Waals surface area contributed by atoms with Gasteiger partial charge in [0.1, 0.15) is 5.82 Å². The number of rotatable bonds is 4. The molecule has 3 aromatic heterocycles. The highest BCUT2D eigenvalue weighted by Crippen LogP contribution is 2.35. The average Bonchev–Trinajstić information content (AvgIpc) is 3.43. The molecule has 0 amide bonds. The monoisotopic (exact) mass is 374 g/mol. The molecular formula is C22H22N4S. The maximum atomic E-state index is 4.67. The van der Waals surface area contributed by atoms with Crippen molar-refractivity contribution in [1.82, 2.24) is 19.4 Å². The van der Waals surface area contributed by atoms with Crippen LogP contribution in [0.15, 0.2) is 60.4 Å². The van der Waals surface area contributed by atoms with Gasteiger partial charge in [0.2, 0.25) is 0 Å². The van der Waals surface area contributed by atoms with Gasteiger partial charge in [0.05, 0.1) is 12.2 Å². The Morgan fingerprint density at radius 1 is 1.15 bits per heavy atom. The molecule has 0 aliphatic carbocycles. The first-order chi connectivity index (χ1) is 13.3. The number of likely N-dealkylation sites (tertiary alicyclic amines) is 1. The van der Waals surface area contributed by atoms with Gasteiger partial charge in [-0.15, -0.1) is 11.3 Å². The summed E-state index contributed by atoms with van der Waals surface area (Å²) in [4.78, 5) is 11.6. The number of hydrogen-bond donors (Lipinski definition) is 0. The van der Waals surface area contributed by atoms with E-state index < -0.39 is 0 Å². The van der Waals surface area contributed by atoms with E-state index in [1.54, 1.807) is 11.3 Å². The second kappa shape index (κ2) is 6.91. The Hall–Kier alpha value is -2.50. The number of imidazole rings is 1. The molecule has 0 unspecified atom stereocenters. The number of pyridine rings is 1. The summed E-state index contributed by atoms with van der Waals surface area (Å²) in [6.07, 6.45) is 7.06. The van der Waals surface area contributed by atoms with E-state index in [9.17, 15) is 0 Å². The summed E-state index contributed by atoms with van der Waals surface area (Å²) < 4.78 is 3.43. The summed E-state index contributed by atoms with van der Waals surface area (Å²) in [5, 5.41) is 3.54. The Kier molecular flexibility index (Phi) is 4.26. The molecule has 1 atom stereocenters. The van der Waals surface area contributed by atoms with E-state index in [0.717, 1.165) is 31.2 Å². The largest absolute Gasteiger partial charge is 0.337 e. The predicted molar refractivity (Wildman–Crippen MR) is 111 cm³/mol. The van der Waals surface area contributed by atoms with Gasteiger partial charge in [0.25, 0.3) is 0 Å². The van der Waals surface area contributed by atoms with Crippen molar-refractivity contribution in [3.05, 3.63) is 71.8 Å². The van der Waals surface area contributed by atoms with Gasteiger partial charge in [-0.25, -0.2) is 4.98 Å². The van der Waals surface area contributed by atoms with Crippen LogP contribution in [0.1, 0.15) is 23.7 Å². The van der Waals surface area contributed by atoms with Crippen molar-refractivity contribution in [1.29, 1.82) is 0 Å². The molecule has 1 saturated heterocycles. The topological polar surface area (TPSA) is 34.0 Å². The van der Waals surface area contributed by atoms with Gasteiger partial charge < -0.3 is 4.57 Å². The Labute approximate surface area is 163 Å². The number of fused-ring (bicyclic) bond motifs is 1. The fraction of sp³-hybridized carbons (Fsp3) is 0.273. The van der Waals surface area contributed by atoms with Gasteiger partial charge in [0, 0.05) is 53.2 Å². The van der Waals surface area contributed by atoms with Crippen molar-refractivity contribution in [3.8, 4) is 11.3 Å². The van der Waals surface area contributed by atoms with Crippen molar-refractivity contribution in [2.75, 3.05) is 13.1 Å². The van der Waals surface area contributed by atoms with Crippen molar-refractivity contribution >= 4 is 21.4 Å². The first-order valence-corrected chi connectivity index (χ1v) is 10.3. The lowest BCUT2D eigenvalue weighted by Crippen LogP contribution is -2.21. The number of aromatic nitrogens is 3. The molecule has 1 aliphatic heterocycles. The SMILES string of the molecule is Cn1ccnc1CN1CC[C@@H](c2ccnc(-c3csc4ccccc34)c2)C1. The standard InChI is InChI=1S/C22H22N4S/c1-25-11-9-24-22(25)14-26-10-7-17(13-26)16-6-8-23-20(12-16)19-15-27-21-5-3-2-4-18(19)21/h2-6,8-9,11-12,15,17H,7,10,13-14H2,1H3/t17-/m1/s1. The average molecular weight is 375 g/mol. The van der Waals surface area contributed by atoms with Crippen LogP contribution in [0.4, 0.5) is 0 Å². The van der Waals surface area contributed by atoms with Crippen LogP contribution in [0.2, 0.25) is 0 Å². The summed E-state index contributed by atoms with van der Waals surface area (Å²) >= 11 is 1.79. The van der Waals surface area contributed by atoms with Gasteiger partial charge >= 0.3 is 0 Å². The quantitative estimate of drug-likeness (QED) is 0.520. The molecule has 0 saturated carbocycles. The fourth-order valence-electron chi connectivity index (χ4n) is 4.02. The molecule has 1 aromatic carbocycles. The Balaban J connectivity index is 1.37. The summed E-state index contributed by atoms with van der Waals surface area (Å²) in [5.74, 6) is 1.70. The zero-order valence-corrected chi connectivity index (χ0v) is 16.2. The summed E-state index contributed by atoms with van der Waals surface area (Å²) in [6.45, 7) is 3.13. The highest BCUT2D eigenvalue weighted by molar-refractivity contribution is 7.17. The van der Waals surface area contributed by atoms with Gasteiger partial charge in [-0.05, 0) is 42.6 Å². The summed E-state index contributed by atoms with van der Waals surface area (Å²) in [6, 6.07) is 13.1. The van der Waals surface area contributed by atoms with Crippen LogP contribution in [0, 0.1) is 0 Å². The Morgan fingerprint density at radius 3 is 2.96 bits per heavy atom. The second-order valence-corrected chi connectivity index (χ2v) is 8.21. The van der Waals surface area contributed by atoms with Crippen LogP contribution in [-0.4, -0.2) is 32.5 Å². The third kappa shape index (κ3) is 3.17. The maximum Gasteiger partial charge on any atom is 0.122 e. The Morgan fingerprint density at radius 2 is 2.07 bits per heavy atom. The smallest absolute Gasteiger partial charge is 0.122 e. The minimum absolute atomic E-state index is 0.567. The molecule has 4 aromatic rings. The number of thiophene rings is 1. The van der Waals surface area contributed by atoms with Crippen LogP contribution in [-0.2, 0) is 13.6 Å². The van der Waals surface area contributed by atoms with Crippen molar-refractivity contribution in [3.63, 3.8) is 0 Å². The van der Waals surface area contributed by atoms with Gasteiger partial charge in [-0.2, -0.15) is 0 Å². The molecule has 0 N–H and O–H groups in total. The number of nitrogens with zero attached hydrogens (tertiary/aromatic N) is 4. The molecule has 136 valence electrons. The lowest BCUT2D eigenvalue weighted by molar-refractivity contribution is 0.314. The third-order valence-corrected chi connectivity index (χ3v) is 6.53. The minimum Gasteiger partial charge on any atom is -0.337 e. The van der Waals surface area contributed by atoms with Crippen molar-refractivity contribution in [2.45, 2.75) is 18.9 Å². The Bertz CT molecular complexity index is 1080. The van der Waals surface area contributed by atoms with Crippen molar-refractivity contribution in [2.24, 2.45) is 7.05 Å². The predicted octanol–water partition coefficient (Wildman–Crippen LogP) is 4.69. The second-order valence-electron chi connectivity index (χ2n) is 7.30. The molecule has 1 aliphatic rings.